The molecule has 3 aliphatic rings. The summed E-state index contributed by atoms with van der Waals surface area (Å²) in [6.45, 7) is 6.67. The summed E-state index contributed by atoms with van der Waals surface area (Å²) in [6, 6.07) is 0.0574. The van der Waals surface area contributed by atoms with E-state index in [9.17, 15) is 4.79 Å². The normalized spacial score (nSPS) is 30.3. The highest BCUT2D eigenvalue weighted by molar-refractivity contribution is 5.82. The molecular formula is C18H33N3O. The lowest BCUT2D eigenvalue weighted by Crippen LogP contribution is -2.59. The Bertz CT molecular complexity index is 365. The molecule has 0 unspecified atom stereocenters. The van der Waals surface area contributed by atoms with Crippen LogP contribution >= 0.6 is 0 Å². The summed E-state index contributed by atoms with van der Waals surface area (Å²) in [5.41, 5.74) is 0.243. The first-order valence-electron chi connectivity index (χ1n) is 9.46. The molecule has 3 rings (SSSR count). The smallest absolute Gasteiger partial charge is 0.237 e. The molecule has 4 nitrogen and oxygen atoms in total. The Labute approximate surface area is 135 Å². The lowest BCUT2D eigenvalue weighted by molar-refractivity contribution is -0.123. The van der Waals surface area contributed by atoms with Crippen LogP contribution in [0.25, 0.3) is 0 Å². The van der Waals surface area contributed by atoms with E-state index in [0.29, 0.717) is 0 Å². The zero-order valence-corrected chi connectivity index (χ0v) is 14.2. The van der Waals surface area contributed by atoms with Crippen molar-refractivity contribution in [1.29, 1.82) is 0 Å². The summed E-state index contributed by atoms with van der Waals surface area (Å²) in [6.07, 6.45) is 11.3. The third kappa shape index (κ3) is 3.65. The third-order valence-corrected chi connectivity index (χ3v) is 6.21. The molecule has 2 heterocycles. The first kappa shape index (κ1) is 16.3. The number of amides is 1. The van der Waals surface area contributed by atoms with Crippen molar-refractivity contribution in [2.75, 3.05) is 26.2 Å². The molecule has 22 heavy (non-hydrogen) atoms. The molecule has 0 radical (unpaired) electrons. The standard InChI is InChI=1S/C18H33N3O/c1-15-7-12-21(13-8-15)18(9-3-2-4-10-18)14-20-17(22)16-6-5-11-19-16/h15-16,19H,2-14H2,1H3,(H,20,22)/t16-/m0/s1. The Hall–Kier alpha value is -0.610. The van der Waals surface area contributed by atoms with Gasteiger partial charge in [0.15, 0.2) is 0 Å². The number of nitrogens with zero attached hydrogens (tertiary/aromatic N) is 1. The molecule has 0 aromatic heterocycles. The number of hydrogen-bond acceptors (Lipinski definition) is 3. The van der Waals surface area contributed by atoms with Crippen molar-refractivity contribution in [3.05, 3.63) is 0 Å². The SMILES string of the molecule is CC1CCN(C2(CNC(=O)[C@@H]3CCCN3)CCCCC2)CC1. The maximum Gasteiger partial charge on any atom is 0.237 e. The second-order valence-corrected chi connectivity index (χ2v) is 7.82. The van der Waals surface area contributed by atoms with Gasteiger partial charge in [-0.05, 0) is 64.1 Å². The molecule has 0 bridgehead atoms. The highest BCUT2D eigenvalue weighted by atomic mass is 16.2. The fourth-order valence-corrected chi connectivity index (χ4v) is 4.58. The Morgan fingerprint density at radius 3 is 2.50 bits per heavy atom. The van der Waals surface area contributed by atoms with Gasteiger partial charge in [0.05, 0.1) is 6.04 Å². The molecule has 1 atom stereocenters. The molecule has 2 aliphatic heterocycles. The van der Waals surface area contributed by atoms with Crippen molar-refractivity contribution in [3.63, 3.8) is 0 Å². The second-order valence-electron chi connectivity index (χ2n) is 7.82. The van der Waals surface area contributed by atoms with Crippen LogP contribution in [0.2, 0.25) is 0 Å². The summed E-state index contributed by atoms with van der Waals surface area (Å²) in [5, 5.41) is 6.62. The fraction of sp³-hybridized carbons (Fsp3) is 0.944. The summed E-state index contributed by atoms with van der Waals surface area (Å²) < 4.78 is 0. The quantitative estimate of drug-likeness (QED) is 0.837. The van der Waals surface area contributed by atoms with Gasteiger partial charge in [0, 0.05) is 12.1 Å². The first-order valence-corrected chi connectivity index (χ1v) is 9.46. The number of nitrogens with one attached hydrogen (secondary N) is 2. The molecular weight excluding hydrogens is 274 g/mol. The van der Waals surface area contributed by atoms with Crippen molar-refractivity contribution < 1.29 is 4.79 Å². The average molecular weight is 307 g/mol. The van der Waals surface area contributed by atoms with E-state index in [-0.39, 0.29) is 17.5 Å². The minimum absolute atomic E-state index is 0.0574. The van der Waals surface area contributed by atoms with Crippen molar-refractivity contribution in [3.8, 4) is 0 Å². The monoisotopic (exact) mass is 307 g/mol. The van der Waals surface area contributed by atoms with Crippen molar-refractivity contribution in [1.82, 2.24) is 15.5 Å². The number of carbonyl (C=O) groups is 1. The van der Waals surface area contributed by atoms with Crippen LogP contribution in [-0.2, 0) is 4.79 Å². The minimum atomic E-state index is 0.0574. The van der Waals surface area contributed by atoms with E-state index >= 15 is 0 Å². The topological polar surface area (TPSA) is 44.4 Å². The van der Waals surface area contributed by atoms with Crippen molar-refractivity contribution >= 4 is 5.91 Å². The zero-order chi connectivity index (χ0) is 15.4. The molecule has 1 saturated carbocycles. The Balaban J connectivity index is 1.60. The lowest BCUT2D eigenvalue weighted by atomic mass is 9.78. The summed E-state index contributed by atoms with van der Waals surface area (Å²) >= 11 is 0. The van der Waals surface area contributed by atoms with Gasteiger partial charge in [-0.2, -0.15) is 0 Å². The van der Waals surface area contributed by atoms with Crippen LogP contribution in [0.4, 0.5) is 0 Å². The summed E-state index contributed by atoms with van der Waals surface area (Å²) in [7, 11) is 0. The van der Waals surface area contributed by atoms with Gasteiger partial charge in [0.25, 0.3) is 0 Å². The van der Waals surface area contributed by atoms with Gasteiger partial charge in [0.1, 0.15) is 0 Å². The molecule has 0 spiro atoms. The zero-order valence-electron chi connectivity index (χ0n) is 14.2. The Morgan fingerprint density at radius 1 is 1.14 bits per heavy atom. The van der Waals surface area contributed by atoms with Crippen molar-refractivity contribution in [2.45, 2.75) is 76.3 Å². The van der Waals surface area contributed by atoms with E-state index in [2.05, 4.69) is 22.5 Å². The maximum absolute atomic E-state index is 12.4. The molecule has 2 saturated heterocycles. The molecule has 2 N–H and O–H groups in total. The lowest BCUT2D eigenvalue weighted by Gasteiger charge is -2.49. The van der Waals surface area contributed by atoms with Gasteiger partial charge in [0.2, 0.25) is 5.91 Å². The number of likely N-dealkylation sites (tertiary alicyclic amines) is 1. The number of piperidine rings is 1. The van der Waals surface area contributed by atoms with Gasteiger partial charge in [-0.3, -0.25) is 9.69 Å². The van der Waals surface area contributed by atoms with E-state index in [1.807, 2.05) is 0 Å². The highest BCUT2D eigenvalue weighted by Crippen LogP contribution is 2.36. The molecule has 3 fully saturated rings. The molecule has 1 aliphatic carbocycles. The van der Waals surface area contributed by atoms with Crippen molar-refractivity contribution in [2.24, 2.45) is 5.92 Å². The van der Waals surface area contributed by atoms with Crippen LogP contribution in [0.1, 0.15) is 64.7 Å². The second kappa shape index (κ2) is 7.31. The third-order valence-electron chi connectivity index (χ3n) is 6.21. The van der Waals surface area contributed by atoms with Gasteiger partial charge in [-0.1, -0.05) is 26.2 Å². The predicted octanol–water partition coefficient (Wildman–Crippen LogP) is 2.29. The fourth-order valence-electron chi connectivity index (χ4n) is 4.58. The van der Waals surface area contributed by atoms with E-state index in [0.717, 1.165) is 31.8 Å². The van der Waals surface area contributed by atoms with E-state index in [1.165, 1.54) is 58.0 Å². The molecule has 0 aromatic rings. The minimum Gasteiger partial charge on any atom is -0.353 e. The van der Waals surface area contributed by atoms with Crippen LogP contribution in [0.15, 0.2) is 0 Å². The van der Waals surface area contributed by atoms with E-state index in [4.69, 9.17) is 0 Å². The first-order chi connectivity index (χ1) is 10.7. The largest absolute Gasteiger partial charge is 0.353 e. The molecule has 1 amide bonds. The summed E-state index contributed by atoms with van der Waals surface area (Å²) in [5.74, 6) is 1.10. The number of hydrogen-bond donors (Lipinski definition) is 2. The molecule has 126 valence electrons. The van der Waals surface area contributed by atoms with Gasteiger partial charge in [-0.25, -0.2) is 0 Å². The summed E-state index contributed by atoms with van der Waals surface area (Å²) in [4.78, 5) is 15.1. The molecule has 0 aromatic carbocycles. The number of rotatable bonds is 4. The Morgan fingerprint density at radius 2 is 1.86 bits per heavy atom. The maximum atomic E-state index is 12.4. The van der Waals surface area contributed by atoms with Gasteiger partial charge in [-0.15, -0.1) is 0 Å². The van der Waals surface area contributed by atoms with Crippen LogP contribution < -0.4 is 10.6 Å². The van der Waals surface area contributed by atoms with Crippen LogP contribution in [0.3, 0.4) is 0 Å². The molecule has 4 heteroatoms. The van der Waals surface area contributed by atoms with Crippen LogP contribution in [-0.4, -0.2) is 48.6 Å². The predicted molar refractivity (Wildman–Crippen MR) is 89.8 cm³/mol. The average Bonchev–Trinajstić information content (AvgIpc) is 3.09. The van der Waals surface area contributed by atoms with Crippen LogP contribution in [0, 0.1) is 5.92 Å². The van der Waals surface area contributed by atoms with Gasteiger partial charge >= 0.3 is 0 Å². The van der Waals surface area contributed by atoms with Crippen LogP contribution in [0.5, 0.6) is 0 Å². The number of carbonyl (C=O) groups excluding carboxylic acids is 1. The highest BCUT2D eigenvalue weighted by Gasteiger charge is 2.39. The van der Waals surface area contributed by atoms with E-state index < -0.39 is 0 Å². The Kier molecular flexibility index (Phi) is 5.40. The van der Waals surface area contributed by atoms with Gasteiger partial charge < -0.3 is 10.6 Å². The van der Waals surface area contributed by atoms with E-state index in [1.54, 1.807) is 0 Å².